The molecule has 1 fully saturated rings. The molecule has 1 amide bonds. The molecule has 2 aromatic rings. The summed E-state index contributed by atoms with van der Waals surface area (Å²) in [5.41, 5.74) is 0.443. The quantitative estimate of drug-likeness (QED) is 0.521. The fraction of sp³-hybridized carbons (Fsp3) is 0.476. The fourth-order valence-electron chi connectivity index (χ4n) is 3.71. The zero-order valence-corrected chi connectivity index (χ0v) is 19.1. The maximum absolute atomic E-state index is 12.6. The van der Waals surface area contributed by atoms with Gasteiger partial charge >= 0.3 is 6.09 Å². The molecule has 1 aromatic heterocycles. The summed E-state index contributed by atoms with van der Waals surface area (Å²) < 4.78 is 53.3. The Kier molecular flexibility index (Phi) is 7.48. The van der Waals surface area contributed by atoms with Gasteiger partial charge in [-0.2, -0.15) is 0 Å². The van der Waals surface area contributed by atoms with Crippen molar-refractivity contribution >= 4 is 27.8 Å². The smallest absolute Gasteiger partial charge is 0.407 e. The third-order valence-corrected chi connectivity index (χ3v) is 6.27. The van der Waals surface area contributed by atoms with Crippen molar-refractivity contribution in [1.82, 2.24) is 15.3 Å². The highest BCUT2D eigenvalue weighted by Crippen LogP contribution is 2.35. The zero-order chi connectivity index (χ0) is 24.2. The SMILES string of the molecule is CC(C)(CC(F)F)NC(=O)O[C@@H]1CC[C@H](c2cnc(Nc3ccc(S(N)(=O)=O)cc3)nc2)C1. The third-order valence-electron chi connectivity index (χ3n) is 5.35. The molecular formula is C21H27F2N5O4S. The summed E-state index contributed by atoms with van der Waals surface area (Å²) in [5, 5.41) is 10.6. The Balaban J connectivity index is 1.52. The Morgan fingerprint density at radius 1 is 1.21 bits per heavy atom. The van der Waals surface area contributed by atoms with Crippen molar-refractivity contribution in [2.24, 2.45) is 5.14 Å². The standard InChI is InChI=1S/C21H27F2N5O4S/c1-21(2,10-18(22)23)28-20(29)32-16-6-3-13(9-16)14-11-25-19(26-12-14)27-15-4-7-17(8-5-15)33(24,30)31/h4-5,7-8,11-13,16,18H,3,6,9-10H2,1-2H3,(H,28,29)(H2,24,30,31)(H,25,26,27)/t13-,16+/m0/s1. The van der Waals surface area contributed by atoms with Gasteiger partial charge in [0.2, 0.25) is 22.4 Å². The van der Waals surface area contributed by atoms with Crippen LogP contribution in [0.5, 0.6) is 0 Å². The molecule has 3 rings (SSSR count). The summed E-state index contributed by atoms with van der Waals surface area (Å²) in [4.78, 5) is 20.7. The first-order valence-electron chi connectivity index (χ1n) is 10.4. The van der Waals surface area contributed by atoms with E-state index in [1.165, 1.54) is 26.0 Å². The molecule has 1 aliphatic rings. The van der Waals surface area contributed by atoms with Gasteiger partial charge in [0, 0.05) is 30.0 Å². The molecule has 0 aliphatic heterocycles. The number of ether oxygens (including phenoxy) is 1. The number of alkyl carbamates (subject to hydrolysis) is 1. The number of primary sulfonamides is 1. The summed E-state index contributed by atoms with van der Waals surface area (Å²) in [5.74, 6) is 0.452. The van der Waals surface area contributed by atoms with E-state index in [2.05, 4.69) is 20.6 Å². The monoisotopic (exact) mass is 483 g/mol. The van der Waals surface area contributed by atoms with E-state index in [4.69, 9.17) is 9.88 Å². The molecule has 1 saturated carbocycles. The minimum absolute atomic E-state index is 0.00795. The third kappa shape index (κ3) is 7.32. The highest BCUT2D eigenvalue weighted by molar-refractivity contribution is 7.89. The number of rotatable bonds is 8. The maximum Gasteiger partial charge on any atom is 0.407 e. The number of anilines is 2. The lowest BCUT2D eigenvalue weighted by molar-refractivity contribution is 0.0750. The average molecular weight is 484 g/mol. The van der Waals surface area contributed by atoms with Crippen molar-refractivity contribution in [2.75, 3.05) is 5.32 Å². The number of hydrogen-bond donors (Lipinski definition) is 3. The normalized spacial score (nSPS) is 18.8. The molecule has 2 atom stereocenters. The minimum atomic E-state index is -3.76. The van der Waals surface area contributed by atoms with E-state index in [1.807, 2.05) is 0 Å². The number of sulfonamides is 1. The van der Waals surface area contributed by atoms with E-state index >= 15 is 0 Å². The van der Waals surface area contributed by atoms with Gasteiger partial charge in [-0.15, -0.1) is 0 Å². The van der Waals surface area contributed by atoms with E-state index in [9.17, 15) is 22.0 Å². The van der Waals surface area contributed by atoms with Crippen LogP contribution >= 0.6 is 0 Å². The number of alkyl halides is 2. The van der Waals surface area contributed by atoms with Gasteiger partial charge in [0.25, 0.3) is 0 Å². The van der Waals surface area contributed by atoms with Crippen molar-refractivity contribution in [2.45, 2.75) is 68.4 Å². The summed E-state index contributed by atoms with van der Waals surface area (Å²) in [6, 6.07) is 5.89. The van der Waals surface area contributed by atoms with Gasteiger partial charge in [0.05, 0.1) is 4.90 Å². The number of nitrogens with two attached hydrogens (primary N) is 1. The molecular weight excluding hydrogens is 456 g/mol. The lowest BCUT2D eigenvalue weighted by Gasteiger charge is -2.26. The average Bonchev–Trinajstić information content (AvgIpc) is 3.15. The number of nitrogens with zero attached hydrogens (tertiary/aromatic N) is 2. The molecule has 1 heterocycles. The number of hydrogen-bond acceptors (Lipinski definition) is 7. The van der Waals surface area contributed by atoms with Crippen molar-refractivity contribution in [3.8, 4) is 0 Å². The van der Waals surface area contributed by atoms with Crippen LogP contribution in [0.2, 0.25) is 0 Å². The van der Waals surface area contributed by atoms with Crippen LogP contribution in [-0.2, 0) is 14.8 Å². The Bertz CT molecular complexity index is 1060. The molecule has 4 N–H and O–H groups in total. The van der Waals surface area contributed by atoms with Crippen LogP contribution in [0.4, 0.5) is 25.2 Å². The van der Waals surface area contributed by atoms with Crippen LogP contribution in [0.25, 0.3) is 0 Å². The van der Waals surface area contributed by atoms with Gasteiger partial charge in [-0.25, -0.2) is 37.1 Å². The van der Waals surface area contributed by atoms with E-state index < -0.39 is 34.5 Å². The summed E-state index contributed by atoms with van der Waals surface area (Å²) in [7, 11) is -3.76. The summed E-state index contributed by atoms with van der Waals surface area (Å²) >= 11 is 0. The van der Waals surface area contributed by atoms with Crippen LogP contribution in [-0.4, -0.2) is 42.5 Å². The first kappa shape index (κ1) is 24.8. The van der Waals surface area contributed by atoms with Crippen LogP contribution in [0.15, 0.2) is 41.6 Å². The van der Waals surface area contributed by atoms with Crippen LogP contribution < -0.4 is 15.8 Å². The van der Waals surface area contributed by atoms with E-state index in [-0.39, 0.29) is 16.9 Å². The molecule has 0 unspecified atom stereocenters. The maximum atomic E-state index is 12.6. The fourth-order valence-corrected chi connectivity index (χ4v) is 4.23. The number of aromatic nitrogens is 2. The second-order valence-electron chi connectivity index (χ2n) is 8.68. The van der Waals surface area contributed by atoms with Crippen molar-refractivity contribution in [3.05, 3.63) is 42.2 Å². The van der Waals surface area contributed by atoms with E-state index in [0.29, 0.717) is 24.5 Å². The van der Waals surface area contributed by atoms with Gasteiger partial charge in [-0.05, 0) is 68.9 Å². The first-order valence-corrected chi connectivity index (χ1v) is 11.9. The first-order chi connectivity index (χ1) is 15.4. The second kappa shape index (κ2) is 9.96. The van der Waals surface area contributed by atoms with Gasteiger partial charge in [0.15, 0.2) is 0 Å². The topological polar surface area (TPSA) is 136 Å². The van der Waals surface area contributed by atoms with Crippen LogP contribution in [0.3, 0.4) is 0 Å². The largest absolute Gasteiger partial charge is 0.446 e. The van der Waals surface area contributed by atoms with Gasteiger partial charge in [-0.1, -0.05) is 0 Å². The van der Waals surface area contributed by atoms with Gasteiger partial charge < -0.3 is 15.4 Å². The Hall–Kier alpha value is -2.86. The Morgan fingerprint density at radius 2 is 1.85 bits per heavy atom. The van der Waals surface area contributed by atoms with Crippen molar-refractivity contribution < 1.29 is 26.7 Å². The molecule has 0 radical (unpaired) electrons. The second-order valence-corrected chi connectivity index (χ2v) is 10.2. The Labute approximate surface area is 191 Å². The molecule has 1 aliphatic carbocycles. The molecule has 0 saturated heterocycles. The van der Waals surface area contributed by atoms with E-state index in [1.54, 1.807) is 24.5 Å². The lowest BCUT2D eigenvalue weighted by atomic mass is 10.0. The Morgan fingerprint density at radius 3 is 2.42 bits per heavy atom. The number of nitrogens with one attached hydrogen (secondary N) is 2. The molecule has 33 heavy (non-hydrogen) atoms. The number of benzene rings is 1. The van der Waals surface area contributed by atoms with E-state index in [0.717, 1.165) is 12.0 Å². The predicted molar refractivity (Wildman–Crippen MR) is 118 cm³/mol. The highest BCUT2D eigenvalue weighted by Gasteiger charge is 2.31. The van der Waals surface area contributed by atoms with Crippen molar-refractivity contribution in [3.63, 3.8) is 0 Å². The van der Waals surface area contributed by atoms with Crippen LogP contribution in [0.1, 0.15) is 51.0 Å². The molecule has 180 valence electrons. The molecule has 9 nitrogen and oxygen atoms in total. The number of amides is 1. The zero-order valence-electron chi connectivity index (χ0n) is 18.3. The van der Waals surface area contributed by atoms with Gasteiger partial charge in [-0.3, -0.25) is 0 Å². The number of carbonyl (C=O) groups is 1. The predicted octanol–water partition coefficient (Wildman–Crippen LogP) is 3.66. The lowest BCUT2D eigenvalue weighted by Crippen LogP contribution is -2.45. The molecule has 1 aromatic carbocycles. The summed E-state index contributed by atoms with van der Waals surface area (Å²) in [6.45, 7) is 3.05. The van der Waals surface area contributed by atoms with Crippen LogP contribution in [0, 0.1) is 0 Å². The highest BCUT2D eigenvalue weighted by atomic mass is 32.2. The molecule has 0 spiro atoms. The van der Waals surface area contributed by atoms with Crippen molar-refractivity contribution in [1.29, 1.82) is 0 Å². The van der Waals surface area contributed by atoms with Gasteiger partial charge in [0.1, 0.15) is 6.10 Å². The molecule has 0 bridgehead atoms. The number of halogens is 2. The molecule has 12 heteroatoms. The number of carbonyl (C=O) groups excluding carboxylic acids is 1. The summed E-state index contributed by atoms with van der Waals surface area (Å²) in [6.07, 6.45) is 1.42. The minimum Gasteiger partial charge on any atom is -0.446 e.